The summed E-state index contributed by atoms with van der Waals surface area (Å²) in [4.78, 5) is 16.4. The first kappa shape index (κ1) is 15.9. The van der Waals surface area contributed by atoms with Crippen LogP contribution in [0.15, 0.2) is 30.3 Å². The van der Waals surface area contributed by atoms with Gasteiger partial charge in [-0.15, -0.1) is 10.2 Å². The predicted octanol–water partition coefficient (Wildman–Crippen LogP) is 2.24. The molecule has 1 fully saturated rings. The molecular weight excluding hydrogens is 310 g/mol. The number of hydrogen-bond donors (Lipinski definition) is 1. The number of nitrogens with one attached hydrogen (secondary N) is 1. The quantitative estimate of drug-likeness (QED) is 0.933. The molecule has 2 amide bonds. The van der Waals surface area contributed by atoms with Gasteiger partial charge in [0.1, 0.15) is 5.01 Å². The summed E-state index contributed by atoms with van der Waals surface area (Å²) < 4.78 is 0. The Morgan fingerprint density at radius 1 is 1.17 bits per heavy atom. The van der Waals surface area contributed by atoms with Crippen LogP contribution < -0.4 is 5.32 Å². The number of urea groups is 1. The standard InChI is InChI=1S/C16H21N5OS/c1-13-18-19-15(23-13)17-16(22)21-11-9-20(10-12-21)8-7-14-5-3-2-4-6-14/h2-6H,7-12H2,1H3,(H,17,19,22). The number of hydrogen-bond acceptors (Lipinski definition) is 5. The number of carbonyl (C=O) groups is 1. The van der Waals surface area contributed by atoms with E-state index in [1.807, 2.05) is 17.9 Å². The molecule has 122 valence electrons. The number of anilines is 1. The van der Waals surface area contributed by atoms with E-state index in [4.69, 9.17) is 0 Å². The maximum absolute atomic E-state index is 12.2. The number of rotatable bonds is 4. The summed E-state index contributed by atoms with van der Waals surface area (Å²) in [7, 11) is 0. The Morgan fingerprint density at radius 3 is 2.57 bits per heavy atom. The van der Waals surface area contributed by atoms with Gasteiger partial charge in [0.05, 0.1) is 0 Å². The first-order valence-corrected chi connectivity index (χ1v) is 8.65. The van der Waals surface area contributed by atoms with Gasteiger partial charge in [-0.1, -0.05) is 41.7 Å². The van der Waals surface area contributed by atoms with Crippen LogP contribution in [0.25, 0.3) is 0 Å². The highest BCUT2D eigenvalue weighted by atomic mass is 32.1. The monoisotopic (exact) mass is 331 g/mol. The van der Waals surface area contributed by atoms with Crippen molar-refractivity contribution in [1.29, 1.82) is 0 Å². The maximum atomic E-state index is 12.2. The van der Waals surface area contributed by atoms with Crippen molar-refractivity contribution in [3.05, 3.63) is 40.9 Å². The molecule has 1 aromatic heterocycles. The topological polar surface area (TPSA) is 61.4 Å². The minimum absolute atomic E-state index is 0.0798. The first-order valence-electron chi connectivity index (χ1n) is 7.83. The lowest BCUT2D eigenvalue weighted by atomic mass is 10.1. The fourth-order valence-corrected chi connectivity index (χ4v) is 3.21. The summed E-state index contributed by atoms with van der Waals surface area (Å²) in [5, 5.41) is 12.1. The van der Waals surface area contributed by atoms with Gasteiger partial charge in [-0.05, 0) is 18.9 Å². The van der Waals surface area contributed by atoms with Crippen molar-refractivity contribution in [1.82, 2.24) is 20.0 Å². The normalized spacial score (nSPS) is 15.6. The van der Waals surface area contributed by atoms with E-state index in [0.717, 1.165) is 44.2 Å². The van der Waals surface area contributed by atoms with Gasteiger partial charge in [-0.3, -0.25) is 10.2 Å². The molecule has 1 aliphatic heterocycles. The highest BCUT2D eigenvalue weighted by Crippen LogP contribution is 2.15. The van der Waals surface area contributed by atoms with E-state index in [9.17, 15) is 4.79 Å². The van der Waals surface area contributed by atoms with E-state index in [1.165, 1.54) is 16.9 Å². The van der Waals surface area contributed by atoms with Crippen LogP contribution in [0, 0.1) is 6.92 Å². The Labute approximate surface area is 140 Å². The van der Waals surface area contributed by atoms with Gasteiger partial charge in [0.2, 0.25) is 5.13 Å². The van der Waals surface area contributed by atoms with Gasteiger partial charge in [-0.25, -0.2) is 4.79 Å². The van der Waals surface area contributed by atoms with Crippen LogP contribution in [0.3, 0.4) is 0 Å². The molecule has 1 aliphatic rings. The average Bonchev–Trinajstić information content (AvgIpc) is 2.99. The molecule has 1 N–H and O–H groups in total. The lowest BCUT2D eigenvalue weighted by molar-refractivity contribution is 0.148. The van der Waals surface area contributed by atoms with Crippen molar-refractivity contribution < 1.29 is 4.79 Å². The predicted molar refractivity (Wildman–Crippen MR) is 91.8 cm³/mol. The third-order valence-corrected chi connectivity index (χ3v) is 4.71. The van der Waals surface area contributed by atoms with Crippen molar-refractivity contribution in [3.63, 3.8) is 0 Å². The molecule has 1 saturated heterocycles. The Morgan fingerprint density at radius 2 is 1.91 bits per heavy atom. The van der Waals surface area contributed by atoms with Crippen molar-refractivity contribution in [2.24, 2.45) is 0 Å². The molecule has 0 spiro atoms. The van der Waals surface area contributed by atoms with Gasteiger partial charge in [-0.2, -0.15) is 0 Å². The zero-order valence-corrected chi connectivity index (χ0v) is 14.1. The summed E-state index contributed by atoms with van der Waals surface area (Å²) in [6, 6.07) is 10.4. The molecule has 1 aromatic carbocycles. The molecule has 3 rings (SSSR count). The van der Waals surface area contributed by atoms with Gasteiger partial charge < -0.3 is 4.90 Å². The maximum Gasteiger partial charge on any atom is 0.323 e. The fourth-order valence-electron chi connectivity index (χ4n) is 2.62. The molecule has 23 heavy (non-hydrogen) atoms. The zero-order chi connectivity index (χ0) is 16.1. The van der Waals surface area contributed by atoms with Crippen LogP contribution in [0.4, 0.5) is 9.93 Å². The fraction of sp³-hybridized carbons (Fsp3) is 0.438. The van der Waals surface area contributed by atoms with E-state index >= 15 is 0 Å². The van der Waals surface area contributed by atoms with Gasteiger partial charge >= 0.3 is 6.03 Å². The Kier molecular flexibility index (Phi) is 5.19. The van der Waals surface area contributed by atoms with Crippen molar-refractivity contribution in [2.75, 3.05) is 38.0 Å². The van der Waals surface area contributed by atoms with Crippen LogP contribution in [0.5, 0.6) is 0 Å². The number of nitrogens with zero attached hydrogens (tertiary/aromatic N) is 4. The van der Waals surface area contributed by atoms with E-state index in [2.05, 4.69) is 44.7 Å². The van der Waals surface area contributed by atoms with Crippen molar-refractivity contribution in [2.45, 2.75) is 13.3 Å². The minimum atomic E-state index is -0.0798. The first-order chi connectivity index (χ1) is 11.2. The second kappa shape index (κ2) is 7.52. The molecule has 2 heterocycles. The largest absolute Gasteiger partial charge is 0.323 e. The third kappa shape index (κ3) is 4.49. The Hall–Kier alpha value is -1.99. The SMILES string of the molecule is Cc1nnc(NC(=O)N2CCN(CCc3ccccc3)CC2)s1. The number of aromatic nitrogens is 2. The van der Waals surface area contributed by atoms with E-state index < -0.39 is 0 Å². The summed E-state index contributed by atoms with van der Waals surface area (Å²) in [6.45, 7) is 6.23. The summed E-state index contributed by atoms with van der Waals surface area (Å²) >= 11 is 1.40. The molecule has 2 aromatic rings. The van der Waals surface area contributed by atoms with E-state index in [-0.39, 0.29) is 6.03 Å². The molecule has 7 heteroatoms. The highest BCUT2D eigenvalue weighted by molar-refractivity contribution is 7.15. The van der Waals surface area contributed by atoms with Gasteiger partial charge in [0, 0.05) is 32.7 Å². The molecule has 0 bridgehead atoms. The van der Waals surface area contributed by atoms with Crippen LogP contribution in [0.2, 0.25) is 0 Å². The summed E-state index contributed by atoms with van der Waals surface area (Å²) in [6.07, 6.45) is 1.05. The summed E-state index contributed by atoms with van der Waals surface area (Å²) in [5.41, 5.74) is 1.36. The lowest BCUT2D eigenvalue weighted by Gasteiger charge is -2.34. The second-order valence-corrected chi connectivity index (χ2v) is 6.80. The Balaban J connectivity index is 1.42. The van der Waals surface area contributed by atoms with Gasteiger partial charge in [0.15, 0.2) is 0 Å². The molecule has 0 radical (unpaired) electrons. The summed E-state index contributed by atoms with van der Waals surface area (Å²) in [5.74, 6) is 0. The number of piperazine rings is 1. The Bertz CT molecular complexity index is 637. The minimum Gasteiger partial charge on any atom is -0.322 e. The van der Waals surface area contributed by atoms with E-state index in [1.54, 1.807) is 0 Å². The number of amides is 2. The van der Waals surface area contributed by atoms with Crippen molar-refractivity contribution in [3.8, 4) is 0 Å². The molecule has 0 saturated carbocycles. The van der Waals surface area contributed by atoms with E-state index in [0.29, 0.717) is 5.13 Å². The highest BCUT2D eigenvalue weighted by Gasteiger charge is 2.21. The number of aryl methyl sites for hydroxylation is 1. The smallest absolute Gasteiger partial charge is 0.322 e. The van der Waals surface area contributed by atoms with Crippen LogP contribution in [0.1, 0.15) is 10.6 Å². The third-order valence-electron chi connectivity index (χ3n) is 3.96. The van der Waals surface area contributed by atoms with Crippen LogP contribution in [-0.2, 0) is 6.42 Å². The van der Waals surface area contributed by atoms with Crippen molar-refractivity contribution >= 4 is 22.5 Å². The second-order valence-electron chi connectivity index (χ2n) is 5.62. The molecule has 6 nitrogen and oxygen atoms in total. The zero-order valence-electron chi connectivity index (χ0n) is 13.2. The lowest BCUT2D eigenvalue weighted by Crippen LogP contribution is -2.50. The average molecular weight is 331 g/mol. The molecular formula is C16H21N5OS. The van der Waals surface area contributed by atoms with Crippen LogP contribution >= 0.6 is 11.3 Å². The van der Waals surface area contributed by atoms with Crippen LogP contribution in [-0.4, -0.2) is 58.8 Å². The molecule has 0 atom stereocenters. The number of carbonyl (C=O) groups excluding carboxylic acids is 1. The number of benzene rings is 1. The molecule has 0 unspecified atom stereocenters. The van der Waals surface area contributed by atoms with Gasteiger partial charge in [0.25, 0.3) is 0 Å². The molecule has 0 aliphatic carbocycles.